The number of fused-ring (bicyclic) bond motifs is 1. The molecule has 1 heterocycles. The molecule has 4 nitrogen and oxygen atoms in total. The van der Waals surface area contributed by atoms with Crippen molar-refractivity contribution in [3.05, 3.63) is 42.2 Å². The van der Waals surface area contributed by atoms with Crippen LogP contribution in [-0.2, 0) is 0 Å². The van der Waals surface area contributed by atoms with Gasteiger partial charge in [0.2, 0.25) is 0 Å². The fourth-order valence-corrected chi connectivity index (χ4v) is 1.77. The number of imidazole rings is 1. The van der Waals surface area contributed by atoms with Gasteiger partial charge in [-0.1, -0.05) is 12.2 Å². The summed E-state index contributed by atoms with van der Waals surface area (Å²) in [5, 5.41) is 0. The second-order valence-corrected chi connectivity index (χ2v) is 4.25. The van der Waals surface area contributed by atoms with E-state index in [2.05, 4.69) is 16.5 Å². The average Bonchev–Trinajstić information content (AvgIpc) is 2.73. The quantitative estimate of drug-likeness (QED) is 0.820. The van der Waals surface area contributed by atoms with Crippen LogP contribution in [0.4, 0.5) is 0 Å². The third kappa shape index (κ3) is 2.36. The summed E-state index contributed by atoms with van der Waals surface area (Å²) in [5.41, 5.74) is 3.36. The van der Waals surface area contributed by atoms with Crippen LogP contribution in [0.5, 0.6) is 0 Å². The Morgan fingerprint density at radius 2 is 2.29 bits per heavy atom. The van der Waals surface area contributed by atoms with Gasteiger partial charge in [-0.3, -0.25) is 4.79 Å². The summed E-state index contributed by atoms with van der Waals surface area (Å²) in [5.74, 6) is -0.00972. The smallest absolute Gasteiger partial charge is 0.253 e. The zero-order valence-corrected chi connectivity index (χ0v) is 10.0. The highest BCUT2D eigenvalue weighted by Crippen LogP contribution is 2.13. The number of aromatic nitrogens is 2. The van der Waals surface area contributed by atoms with Gasteiger partial charge in [-0.2, -0.15) is 0 Å². The van der Waals surface area contributed by atoms with E-state index in [-0.39, 0.29) is 5.91 Å². The van der Waals surface area contributed by atoms with Gasteiger partial charge in [0.1, 0.15) is 0 Å². The van der Waals surface area contributed by atoms with Crippen molar-refractivity contribution in [1.29, 1.82) is 0 Å². The molecule has 0 aliphatic heterocycles. The number of hydrogen-bond donors (Lipinski definition) is 1. The first-order chi connectivity index (χ1) is 8.08. The monoisotopic (exact) mass is 229 g/mol. The van der Waals surface area contributed by atoms with E-state index in [1.807, 2.05) is 19.1 Å². The summed E-state index contributed by atoms with van der Waals surface area (Å²) in [6, 6.07) is 5.45. The number of carbonyl (C=O) groups excluding carboxylic acids is 1. The minimum atomic E-state index is -0.00972. The summed E-state index contributed by atoms with van der Waals surface area (Å²) >= 11 is 0. The van der Waals surface area contributed by atoms with Crippen LogP contribution in [0.1, 0.15) is 17.3 Å². The number of amides is 1. The molecular formula is C13H15N3O. The molecule has 17 heavy (non-hydrogen) atoms. The normalized spacial score (nSPS) is 10.5. The lowest BCUT2D eigenvalue weighted by Crippen LogP contribution is -2.28. The zero-order chi connectivity index (χ0) is 12.4. The van der Waals surface area contributed by atoms with E-state index in [4.69, 9.17) is 0 Å². The van der Waals surface area contributed by atoms with Crippen molar-refractivity contribution in [2.75, 3.05) is 13.6 Å². The van der Waals surface area contributed by atoms with Crippen molar-refractivity contribution < 1.29 is 4.79 Å². The number of H-pyrrole nitrogens is 1. The van der Waals surface area contributed by atoms with Gasteiger partial charge in [-0.25, -0.2) is 4.98 Å². The maximum Gasteiger partial charge on any atom is 0.253 e. The number of nitrogens with zero attached hydrogens (tertiary/aromatic N) is 2. The molecule has 1 N–H and O–H groups in total. The van der Waals surface area contributed by atoms with Gasteiger partial charge >= 0.3 is 0 Å². The van der Waals surface area contributed by atoms with Crippen LogP contribution >= 0.6 is 0 Å². The van der Waals surface area contributed by atoms with Crippen LogP contribution in [0.15, 0.2) is 36.7 Å². The van der Waals surface area contributed by atoms with Gasteiger partial charge in [0, 0.05) is 19.2 Å². The van der Waals surface area contributed by atoms with Gasteiger partial charge in [0.25, 0.3) is 5.91 Å². The molecule has 0 bridgehead atoms. The van der Waals surface area contributed by atoms with Gasteiger partial charge in [-0.05, 0) is 25.1 Å². The number of benzene rings is 1. The first-order valence-corrected chi connectivity index (χ1v) is 5.41. The molecule has 0 saturated heterocycles. The van der Waals surface area contributed by atoms with Gasteiger partial charge < -0.3 is 9.88 Å². The van der Waals surface area contributed by atoms with Gasteiger partial charge in [-0.15, -0.1) is 0 Å². The predicted molar refractivity (Wildman–Crippen MR) is 67.9 cm³/mol. The number of hydrogen-bond acceptors (Lipinski definition) is 2. The highest BCUT2D eigenvalue weighted by Gasteiger charge is 2.12. The third-order valence-corrected chi connectivity index (χ3v) is 2.52. The van der Waals surface area contributed by atoms with Gasteiger partial charge in [0.15, 0.2) is 0 Å². The molecule has 0 unspecified atom stereocenters. The third-order valence-electron chi connectivity index (χ3n) is 2.52. The Balaban J connectivity index is 2.26. The van der Waals surface area contributed by atoms with E-state index < -0.39 is 0 Å². The highest BCUT2D eigenvalue weighted by molar-refractivity contribution is 5.97. The molecule has 1 aromatic heterocycles. The minimum absolute atomic E-state index is 0.00972. The summed E-state index contributed by atoms with van der Waals surface area (Å²) < 4.78 is 0. The lowest BCUT2D eigenvalue weighted by molar-refractivity contribution is 0.0807. The standard InChI is InChI=1S/C13H15N3O/c1-9(2)7-16(3)13(17)10-4-5-11-12(6-10)15-8-14-11/h4-6,8H,1,7H2,2-3H3,(H,14,15). The van der Waals surface area contributed by atoms with E-state index in [0.29, 0.717) is 12.1 Å². The van der Waals surface area contributed by atoms with Crippen molar-refractivity contribution in [3.8, 4) is 0 Å². The number of rotatable bonds is 3. The molecule has 0 atom stereocenters. The average molecular weight is 229 g/mol. The number of nitrogens with one attached hydrogen (secondary N) is 1. The molecule has 4 heteroatoms. The molecule has 88 valence electrons. The Kier molecular flexibility index (Phi) is 2.95. The molecule has 0 saturated carbocycles. The zero-order valence-electron chi connectivity index (χ0n) is 10.0. The fraction of sp³-hybridized carbons (Fsp3) is 0.231. The van der Waals surface area contributed by atoms with Crippen molar-refractivity contribution in [2.45, 2.75) is 6.92 Å². The molecule has 0 aliphatic carbocycles. The first kappa shape index (κ1) is 11.4. The summed E-state index contributed by atoms with van der Waals surface area (Å²) in [6.07, 6.45) is 1.62. The Labute approximate surface area is 100.0 Å². The highest BCUT2D eigenvalue weighted by atomic mass is 16.2. The summed E-state index contributed by atoms with van der Waals surface area (Å²) in [4.78, 5) is 20.9. The summed E-state index contributed by atoms with van der Waals surface area (Å²) in [7, 11) is 1.77. The molecule has 2 aromatic rings. The topological polar surface area (TPSA) is 49.0 Å². The molecule has 0 radical (unpaired) electrons. The number of likely N-dealkylation sites (N-methyl/N-ethyl adjacent to an activating group) is 1. The second kappa shape index (κ2) is 4.41. The molecule has 0 fully saturated rings. The maximum atomic E-state index is 12.1. The van der Waals surface area contributed by atoms with E-state index >= 15 is 0 Å². The molecule has 1 aromatic carbocycles. The lowest BCUT2D eigenvalue weighted by Gasteiger charge is -2.17. The molecular weight excluding hydrogens is 214 g/mol. The van der Waals surface area contributed by atoms with E-state index in [1.165, 1.54) is 0 Å². The van der Waals surface area contributed by atoms with E-state index in [1.54, 1.807) is 24.3 Å². The van der Waals surface area contributed by atoms with Crippen molar-refractivity contribution in [1.82, 2.24) is 14.9 Å². The fourth-order valence-electron chi connectivity index (χ4n) is 1.77. The van der Waals surface area contributed by atoms with Crippen LogP contribution in [0.3, 0.4) is 0 Å². The Hall–Kier alpha value is -2.10. The van der Waals surface area contributed by atoms with Crippen LogP contribution in [0.2, 0.25) is 0 Å². The minimum Gasteiger partial charge on any atom is -0.345 e. The first-order valence-electron chi connectivity index (χ1n) is 5.41. The van der Waals surface area contributed by atoms with Gasteiger partial charge in [0.05, 0.1) is 17.4 Å². The second-order valence-electron chi connectivity index (χ2n) is 4.25. The Bertz CT molecular complexity index is 571. The van der Waals surface area contributed by atoms with Crippen LogP contribution in [-0.4, -0.2) is 34.4 Å². The number of aromatic amines is 1. The predicted octanol–water partition coefficient (Wildman–Crippen LogP) is 2.21. The van der Waals surface area contributed by atoms with Crippen LogP contribution in [0.25, 0.3) is 11.0 Å². The largest absolute Gasteiger partial charge is 0.345 e. The summed E-state index contributed by atoms with van der Waals surface area (Å²) in [6.45, 7) is 6.28. The maximum absolute atomic E-state index is 12.1. The van der Waals surface area contributed by atoms with Crippen molar-refractivity contribution >= 4 is 16.9 Å². The van der Waals surface area contributed by atoms with Crippen LogP contribution in [0, 0.1) is 0 Å². The number of carbonyl (C=O) groups is 1. The molecule has 2 rings (SSSR count). The van der Waals surface area contributed by atoms with Crippen molar-refractivity contribution in [2.24, 2.45) is 0 Å². The molecule has 1 amide bonds. The SMILES string of the molecule is C=C(C)CN(C)C(=O)c1ccc2nc[nH]c2c1. The van der Waals surface area contributed by atoms with Crippen molar-refractivity contribution in [3.63, 3.8) is 0 Å². The van der Waals surface area contributed by atoms with Crippen LogP contribution < -0.4 is 0 Å². The lowest BCUT2D eigenvalue weighted by atomic mass is 10.1. The Morgan fingerprint density at radius 3 is 3.00 bits per heavy atom. The van der Waals surface area contributed by atoms with E-state index in [9.17, 15) is 4.79 Å². The molecule has 0 spiro atoms. The Morgan fingerprint density at radius 1 is 1.53 bits per heavy atom. The van der Waals surface area contributed by atoms with E-state index in [0.717, 1.165) is 16.6 Å². The molecule has 0 aliphatic rings.